The van der Waals surface area contributed by atoms with E-state index >= 15 is 0 Å². The van der Waals surface area contributed by atoms with E-state index in [2.05, 4.69) is 5.32 Å². The molecule has 15 heavy (non-hydrogen) atoms. The van der Waals surface area contributed by atoms with Gasteiger partial charge in [-0.25, -0.2) is 0 Å². The topological polar surface area (TPSA) is 72.7 Å². The first-order chi connectivity index (χ1) is 7.19. The monoisotopic (exact) mass is 211 g/mol. The molecule has 0 saturated carbocycles. The predicted octanol–water partition coefficient (Wildman–Crippen LogP) is 0.396. The number of phenols is 1. The number of benzene rings is 1. The normalized spacial score (nSPS) is 13.1. The molecule has 0 unspecified atom stereocenters. The molecular formula is C11H17NO3. The van der Waals surface area contributed by atoms with Gasteiger partial charge in [-0.05, 0) is 13.0 Å². The van der Waals surface area contributed by atoms with Crippen molar-refractivity contribution in [1.82, 2.24) is 5.32 Å². The molecule has 0 aliphatic carbocycles. The zero-order valence-corrected chi connectivity index (χ0v) is 8.72. The number of aromatic hydroxyl groups is 1. The number of rotatable bonds is 5. The Morgan fingerprint density at radius 3 is 2.33 bits per heavy atom. The minimum atomic E-state index is -0.361. The average Bonchev–Trinajstić information content (AvgIpc) is 2.26. The van der Waals surface area contributed by atoms with Crippen LogP contribution in [-0.2, 0) is 0 Å². The summed E-state index contributed by atoms with van der Waals surface area (Å²) < 4.78 is 0. The van der Waals surface area contributed by atoms with Gasteiger partial charge in [-0.3, -0.25) is 0 Å². The van der Waals surface area contributed by atoms with Gasteiger partial charge in [-0.1, -0.05) is 18.2 Å². The van der Waals surface area contributed by atoms with Crippen LogP contribution in [0.5, 0.6) is 5.75 Å². The number of aliphatic hydroxyl groups excluding tert-OH is 2. The number of nitrogens with one attached hydrogen (secondary N) is 1. The van der Waals surface area contributed by atoms with Crippen molar-refractivity contribution in [3.63, 3.8) is 0 Å². The molecule has 4 nitrogen and oxygen atoms in total. The highest BCUT2D eigenvalue weighted by molar-refractivity contribution is 5.34. The summed E-state index contributed by atoms with van der Waals surface area (Å²) in [6.07, 6.45) is 0. The smallest absolute Gasteiger partial charge is 0.120 e. The molecule has 1 rings (SSSR count). The lowest BCUT2D eigenvalue weighted by Crippen LogP contribution is -2.37. The maximum Gasteiger partial charge on any atom is 0.120 e. The van der Waals surface area contributed by atoms with Gasteiger partial charge in [0.25, 0.3) is 0 Å². The third kappa shape index (κ3) is 3.20. The van der Waals surface area contributed by atoms with Crippen LogP contribution in [0.15, 0.2) is 24.3 Å². The van der Waals surface area contributed by atoms with Crippen LogP contribution in [-0.4, -0.2) is 34.6 Å². The van der Waals surface area contributed by atoms with Crippen molar-refractivity contribution in [2.45, 2.75) is 19.0 Å². The van der Waals surface area contributed by atoms with Crippen LogP contribution < -0.4 is 5.32 Å². The number of phenolic OH excluding ortho intramolecular Hbond substituents is 1. The molecule has 84 valence electrons. The first kappa shape index (κ1) is 12.0. The Morgan fingerprint density at radius 1 is 1.20 bits per heavy atom. The van der Waals surface area contributed by atoms with Crippen LogP contribution >= 0.6 is 0 Å². The summed E-state index contributed by atoms with van der Waals surface area (Å²) in [5.74, 6) is 0.215. The Labute approximate surface area is 89.2 Å². The van der Waals surface area contributed by atoms with Gasteiger partial charge in [0.15, 0.2) is 0 Å². The fourth-order valence-corrected chi connectivity index (χ4v) is 1.46. The molecule has 0 radical (unpaired) electrons. The van der Waals surface area contributed by atoms with Gasteiger partial charge in [0, 0.05) is 11.6 Å². The number of hydrogen-bond donors (Lipinski definition) is 4. The fraction of sp³-hybridized carbons (Fsp3) is 0.455. The van der Waals surface area contributed by atoms with E-state index in [4.69, 9.17) is 10.2 Å². The van der Waals surface area contributed by atoms with Crippen LogP contribution in [0.2, 0.25) is 0 Å². The van der Waals surface area contributed by atoms with E-state index in [0.717, 1.165) is 5.56 Å². The SMILES string of the molecule is C[C@H](NC(CO)CO)c1ccccc1O. The molecule has 0 amide bonds. The molecule has 0 aliphatic rings. The zero-order chi connectivity index (χ0) is 11.3. The van der Waals surface area contributed by atoms with E-state index in [0.29, 0.717) is 0 Å². The number of aliphatic hydroxyl groups is 2. The van der Waals surface area contributed by atoms with Crippen molar-refractivity contribution in [3.8, 4) is 5.75 Å². The maximum atomic E-state index is 9.57. The lowest BCUT2D eigenvalue weighted by atomic mass is 10.1. The summed E-state index contributed by atoms with van der Waals surface area (Å²) in [5.41, 5.74) is 0.754. The maximum absolute atomic E-state index is 9.57. The largest absolute Gasteiger partial charge is 0.508 e. The van der Waals surface area contributed by atoms with Crippen LogP contribution in [0, 0.1) is 0 Å². The minimum absolute atomic E-state index is 0.115. The molecule has 1 aromatic carbocycles. The fourth-order valence-electron chi connectivity index (χ4n) is 1.46. The highest BCUT2D eigenvalue weighted by atomic mass is 16.3. The Hall–Kier alpha value is -1.10. The molecule has 0 heterocycles. The van der Waals surface area contributed by atoms with Gasteiger partial charge in [-0.15, -0.1) is 0 Å². The van der Waals surface area contributed by atoms with E-state index in [9.17, 15) is 5.11 Å². The molecule has 1 aromatic rings. The minimum Gasteiger partial charge on any atom is -0.508 e. The Kier molecular flexibility index (Phi) is 4.55. The highest BCUT2D eigenvalue weighted by Crippen LogP contribution is 2.23. The van der Waals surface area contributed by atoms with Crippen molar-refractivity contribution >= 4 is 0 Å². The summed E-state index contributed by atoms with van der Waals surface area (Å²) in [5, 5.41) is 30.4. The third-order valence-electron chi connectivity index (χ3n) is 2.33. The molecular weight excluding hydrogens is 194 g/mol. The van der Waals surface area contributed by atoms with Crippen molar-refractivity contribution in [2.24, 2.45) is 0 Å². The van der Waals surface area contributed by atoms with Crippen molar-refractivity contribution < 1.29 is 15.3 Å². The van der Waals surface area contributed by atoms with Gasteiger partial charge in [0.1, 0.15) is 5.75 Å². The third-order valence-corrected chi connectivity index (χ3v) is 2.33. The van der Waals surface area contributed by atoms with Gasteiger partial charge in [0.05, 0.1) is 19.3 Å². The molecule has 0 spiro atoms. The van der Waals surface area contributed by atoms with E-state index in [-0.39, 0.29) is 31.0 Å². The van der Waals surface area contributed by atoms with E-state index in [1.807, 2.05) is 13.0 Å². The Bertz CT molecular complexity index is 300. The molecule has 0 aromatic heterocycles. The molecule has 0 aliphatic heterocycles. The number of hydrogen-bond acceptors (Lipinski definition) is 4. The molecule has 4 heteroatoms. The summed E-state index contributed by atoms with van der Waals surface area (Å²) in [6, 6.07) is 6.52. The van der Waals surface area contributed by atoms with Crippen LogP contribution in [0.1, 0.15) is 18.5 Å². The second-order valence-corrected chi connectivity index (χ2v) is 3.51. The lowest BCUT2D eigenvalue weighted by Gasteiger charge is -2.20. The van der Waals surface area contributed by atoms with Crippen molar-refractivity contribution in [1.29, 1.82) is 0 Å². The molecule has 0 bridgehead atoms. The Morgan fingerprint density at radius 2 is 1.80 bits per heavy atom. The molecule has 0 fully saturated rings. The van der Waals surface area contributed by atoms with Gasteiger partial charge in [-0.2, -0.15) is 0 Å². The van der Waals surface area contributed by atoms with Crippen LogP contribution in [0.4, 0.5) is 0 Å². The van der Waals surface area contributed by atoms with Gasteiger partial charge in [0.2, 0.25) is 0 Å². The summed E-state index contributed by atoms with van der Waals surface area (Å²) in [4.78, 5) is 0. The van der Waals surface area contributed by atoms with Crippen LogP contribution in [0.3, 0.4) is 0 Å². The van der Waals surface area contributed by atoms with Gasteiger partial charge < -0.3 is 20.6 Å². The van der Waals surface area contributed by atoms with Gasteiger partial charge >= 0.3 is 0 Å². The van der Waals surface area contributed by atoms with Crippen molar-refractivity contribution in [3.05, 3.63) is 29.8 Å². The summed E-state index contributed by atoms with van der Waals surface area (Å²) in [7, 11) is 0. The van der Waals surface area contributed by atoms with E-state index in [1.54, 1.807) is 18.2 Å². The quantitative estimate of drug-likeness (QED) is 0.568. The van der Waals surface area contributed by atoms with Crippen molar-refractivity contribution in [2.75, 3.05) is 13.2 Å². The second-order valence-electron chi connectivity index (χ2n) is 3.51. The summed E-state index contributed by atoms with van der Waals surface area (Å²) >= 11 is 0. The standard InChI is InChI=1S/C11H17NO3/c1-8(12-9(6-13)7-14)10-4-2-3-5-11(10)15/h2-5,8-9,12-15H,6-7H2,1H3/t8-/m0/s1. The highest BCUT2D eigenvalue weighted by Gasteiger charge is 2.13. The lowest BCUT2D eigenvalue weighted by molar-refractivity contribution is 0.163. The second kappa shape index (κ2) is 5.70. The first-order valence-electron chi connectivity index (χ1n) is 4.94. The first-order valence-corrected chi connectivity index (χ1v) is 4.94. The van der Waals surface area contributed by atoms with E-state index in [1.165, 1.54) is 0 Å². The molecule has 1 atom stereocenters. The number of para-hydroxylation sites is 1. The van der Waals surface area contributed by atoms with E-state index < -0.39 is 0 Å². The van der Waals surface area contributed by atoms with Crippen LogP contribution in [0.25, 0.3) is 0 Å². The summed E-state index contributed by atoms with van der Waals surface area (Å²) in [6.45, 7) is 1.61. The average molecular weight is 211 g/mol. The predicted molar refractivity (Wildman–Crippen MR) is 57.6 cm³/mol. The molecule has 4 N–H and O–H groups in total. The molecule has 0 saturated heterocycles. The Balaban J connectivity index is 2.68. The zero-order valence-electron chi connectivity index (χ0n) is 8.72.